The summed E-state index contributed by atoms with van der Waals surface area (Å²) in [7, 11) is 0. The predicted octanol–water partition coefficient (Wildman–Crippen LogP) is 1.78. The second-order valence-electron chi connectivity index (χ2n) is 3.86. The van der Waals surface area contributed by atoms with Crippen LogP contribution in [-0.4, -0.2) is 39.7 Å². The van der Waals surface area contributed by atoms with Gasteiger partial charge in [0.15, 0.2) is 0 Å². The van der Waals surface area contributed by atoms with Gasteiger partial charge in [-0.2, -0.15) is 0 Å². The second-order valence-corrected chi connectivity index (χ2v) is 4.86. The number of aliphatic carboxylic acids is 1. The Kier molecular flexibility index (Phi) is 4.09. The van der Waals surface area contributed by atoms with Crippen molar-refractivity contribution in [1.29, 1.82) is 0 Å². The molecule has 2 rings (SSSR count). The first-order chi connectivity index (χ1) is 8.68. The van der Waals surface area contributed by atoms with E-state index in [0.29, 0.717) is 11.6 Å². The number of thioether (sulfide) groups is 1. The lowest BCUT2D eigenvalue weighted by molar-refractivity contribution is -0.141. The van der Waals surface area contributed by atoms with Crippen LogP contribution in [0.15, 0.2) is 30.3 Å². The molecule has 0 aromatic heterocycles. The van der Waals surface area contributed by atoms with Gasteiger partial charge in [-0.1, -0.05) is 30.3 Å². The van der Waals surface area contributed by atoms with Crippen LogP contribution in [0.4, 0.5) is 4.79 Å². The highest BCUT2D eigenvalue weighted by atomic mass is 32.2. The maximum absolute atomic E-state index is 11.8. The van der Waals surface area contributed by atoms with Crippen LogP contribution in [0.1, 0.15) is 5.56 Å². The van der Waals surface area contributed by atoms with Gasteiger partial charge < -0.3 is 9.84 Å². The van der Waals surface area contributed by atoms with E-state index in [4.69, 9.17) is 9.84 Å². The van der Waals surface area contributed by atoms with Gasteiger partial charge in [-0.15, -0.1) is 11.8 Å². The Labute approximate surface area is 109 Å². The first-order valence-corrected chi connectivity index (χ1v) is 6.62. The van der Waals surface area contributed by atoms with Crippen molar-refractivity contribution in [2.75, 3.05) is 11.6 Å². The van der Waals surface area contributed by atoms with Crippen molar-refractivity contribution in [3.63, 3.8) is 0 Å². The number of rotatable bonds is 3. The minimum Gasteiger partial charge on any atom is -0.480 e. The highest BCUT2D eigenvalue weighted by Crippen LogP contribution is 2.22. The molecule has 1 aliphatic heterocycles. The fourth-order valence-electron chi connectivity index (χ4n) is 1.63. The molecule has 6 heteroatoms. The van der Waals surface area contributed by atoms with Gasteiger partial charge in [0.1, 0.15) is 12.6 Å². The van der Waals surface area contributed by atoms with Crippen LogP contribution in [0.5, 0.6) is 0 Å². The smallest absolute Gasteiger partial charge is 0.411 e. The molecule has 1 atom stereocenters. The fourth-order valence-corrected chi connectivity index (χ4v) is 2.76. The summed E-state index contributed by atoms with van der Waals surface area (Å²) in [5, 5.41) is 8.96. The van der Waals surface area contributed by atoms with Crippen LogP contribution in [0.2, 0.25) is 0 Å². The Bertz CT molecular complexity index is 437. The third-order valence-corrected chi connectivity index (χ3v) is 3.62. The van der Waals surface area contributed by atoms with E-state index in [9.17, 15) is 9.59 Å². The van der Waals surface area contributed by atoms with Crippen molar-refractivity contribution >= 4 is 23.8 Å². The molecular weight excluding hydrogens is 254 g/mol. The number of ether oxygens (including phenoxy) is 1. The quantitative estimate of drug-likeness (QED) is 0.904. The average molecular weight is 267 g/mol. The first kappa shape index (κ1) is 12.8. The van der Waals surface area contributed by atoms with Gasteiger partial charge in [-0.3, -0.25) is 4.90 Å². The van der Waals surface area contributed by atoms with E-state index < -0.39 is 18.1 Å². The normalized spacial score (nSPS) is 18.7. The molecule has 0 saturated carbocycles. The van der Waals surface area contributed by atoms with E-state index in [1.165, 1.54) is 16.7 Å². The van der Waals surface area contributed by atoms with Crippen molar-refractivity contribution in [3.8, 4) is 0 Å². The predicted molar refractivity (Wildman–Crippen MR) is 67.2 cm³/mol. The van der Waals surface area contributed by atoms with E-state index >= 15 is 0 Å². The first-order valence-electron chi connectivity index (χ1n) is 5.46. The van der Waals surface area contributed by atoms with Crippen molar-refractivity contribution in [2.45, 2.75) is 12.6 Å². The third-order valence-electron chi connectivity index (χ3n) is 2.61. The molecule has 1 aromatic carbocycles. The van der Waals surface area contributed by atoms with Gasteiger partial charge in [0.25, 0.3) is 0 Å². The Balaban J connectivity index is 1.90. The number of carbonyl (C=O) groups is 2. The molecule has 1 heterocycles. The molecule has 0 bridgehead atoms. The highest BCUT2D eigenvalue weighted by molar-refractivity contribution is 7.99. The summed E-state index contributed by atoms with van der Waals surface area (Å²) < 4.78 is 5.10. The standard InChI is InChI=1S/C12H13NO4S/c14-11(15)10-7-18-8-13(10)12(16)17-6-9-4-2-1-3-5-9/h1-5,10H,6-8H2,(H,14,15)/t10-/m1/s1. The summed E-state index contributed by atoms with van der Waals surface area (Å²) in [6.07, 6.45) is -0.573. The molecule has 1 amide bonds. The Morgan fingerprint density at radius 1 is 1.39 bits per heavy atom. The molecule has 0 radical (unpaired) electrons. The summed E-state index contributed by atoms with van der Waals surface area (Å²) in [5.74, 6) is -0.211. The van der Waals surface area contributed by atoms with Gasteiger partial charge in [-0.05, 0) is 5.56 Å². The maximum atomic E-state index is 11.8. The van der Waals surface area contributed by atoms with E-state index in [1.54, 1.807) is 0 Å². The van der Waals surface area contributed by atoms with Crippen molar-refractivity contribution < 1.29 is 19.4 Å². The summed E-state index contributed by atoms with van der Waals surface area (Å²) in [6, 6.07) is 8.51. The van der Waals surface area contributed by atoms with Crippen LogP contribution in [-0.2, 0) is 16.1 Å². The highest BCUT2D eigenvalue weighted by Gasteiger charge is 2.35. The minimum atomic E-state index is -0.989. The topological polar surface area (TPSA) is 66.8 Å². The van der Waals surface area contributed by atoms with E-state index in [1.807, 2.05) is 30.3 Å². The number of carboxylic acid groups (broad SMARTS) is 1. The monoisotopic (exact) mass is 267 g/mol. The molecule has 1 aliphatic rings. The van der Waals surface area contributed by atoms with Gasteiger partial charge >= 0.3 is 12.1 Å². The average Bonchev–Trinajstić information content (AvgIpc) is 2.86. The van der Waals surface area contributed by atoms with Gasteiger partial charge in [0, 0.05) is 5.75 Å². The molecule has 96 valence electrons. The Morgan fingerprint density at radius 2 is 2.11 bits per heavy atom. The van der Waals surface area contributed by atoms with Crippen LogP contribution < -0.4 is 0 Å². The van der Waals surface area contributed by atoms with Crippen LogP contribution in [0.25, 0.3) is 0 Å². The molecule has 1 saturated heterocycles. The molecule has 18 heavy (non-hydrogen) atoms. The minimum absolute atomic E-state index is 0.160. The fraction of sp³-hybridized carbons (Fsp3) is 0.333. The maximum Gasteiger partial charge on any atom is 0.411 e. The zero-order valence-electron chi connectivity index (χ0n) is 9.61. The molecule has 1 aromatic rings. The van der Waals surface area contributed by atoms with Gasteiger partial charge in [0.2, 0.25) is 0 Å². The van der Waals surface area contributed by atoms with Crippen molar-refractivity contribution in [3.05, 3.63) is 35.9 Å². The summed E-state index contributed by atoms with van der Waals surface area (Å²) in [5.41, 5.74) is 0.879. The van der Waals surface area contributed by atoms with E-state index in [2.05, 4.69) is 0 Å². The summed E-state index contributed by atoms with van der Waals surface area (Å²) in [4.78, 5) is 23.9. The molecule has 0 aliphatic carbocycles. The van der Waals surface area contributed by atoms with Gasteiger partial charge in [-0.25, -0.2) is 9.59 Å². The number of hydrogen-bond acceptors (Lipinski definition) is 4. The largest absolute Gasteiger partial charge is 0.480 e. The zero-order chi connectivity index (χ0) is 13.0. The van der Waals surface area contributed by atoms with E-state index in [0.717, 1.165) is 5.56 Å². The summed E-state index contributed by atoms with van der Waals surface area (Å²) >= 11 is 1.41. The summed E-state index contributed by atoms with van der Waals surface area (Å²) in [6.45, 7) is 0.160. The third kappa shape index (κ3) is 2.95. The molecule has 5 nitrogen and oxygen atoms in total. The van der Waals surface area contributed by atoms with Crippen molar-refractivity contribution in [1.82, 2.24) is 4.90 Å². The lowest BCUT2D eigenvalue weighted by atomic mass is 10.2. The molecule has 1 fully saturated rings. The number of carboxylic acids is 1. The number of carbonyl (C=O) groups excluding carboxylic acids is 1. The zero-order valence-corrected chi connectivity index (χ0v) is 10.4. The Morgan fingerprint density at radius 3 is 2.78 bits per heavy atom. The molecule has 1 N–H and O–H groups in total. The van der Waals surface area contributed by atoms with E-state index in [-0.39, 0.29) is 6.61 Å². The lowest BCUT2D eigenvalue weighted by Crippen LogP contribution is -2.41. The number of benzene rings is 1. The lowest BCUT2D eigenvalue weighted by Gasteiger charge is -2.19. The van der Waals surface area contributed by atoms with Crippen LogP contribution in [0.3, 0.4) is 0 Å². The number of amides is 1. The second kappa shape index (κ2) is 5.77. The van der Waals surface area contributed by atoms with Crippen molar-refractivity contribution in [2.24, 2.45) is 0 Å². The number of nitrogens with zero attached hydrogens (tertiary/aromatic N) is 1. The SMILES string of the molecule is O=C(O)[C@H]1CSCN1C(=O)OCc1ccccc1. The molecular formula is C12H13NO4S. The number of hydrogen-bond donors (Lipinski definition) is 1. The van der Waals surface area contributed by atoms with Crippen LogP contribution >= 0.6 is 11.8 Å². The molecule has 0 spiro atoms. The molecule has 0 unspecified atom stereocenters. The Hall–Kier alpha value is -1.69. The van der Waals surface area contributed by atoms with Gasteiger partial charge in [0.05, 0.1) is 5.88 Å². The van der Waals surface area contributed by atoms with Crippen LogP contribution in [0, 0.1) is 0 Å².